The molecule has 0 aliphatic heterocycles. The van der Waals surface area contributed by atoms with Crippen LogP contribution in [0.3, 0.4) is 0 Å². The Kier molecular flexibility index (Phi) is 5.00. The van der Waals surface area contributed by atoms with Gasteiger partial charge in [0.25, 0.3) is 0 Å². The van der Waals surface area contributed by atoms with E-state index < -0.39 is 0 Å². The maximum atomic E-state index is 8.91. The van der Waals surface area contributed by atoms with E-state index in [1.165, 1.54) is 30.6 Å². The van der Waals surface area contributed by atoms with Gasteiger partial charge in [0.2, 0.25) is 0 Å². The number of aliphatic hydroxyl groups excluding tert-OH is 1. The van der Waals surface area contributed by atoms with Crippen LogP contribution in [0.1, 0.15) is 42.3 Å². The summed E-state index contributed by atoms with van der Waals surface area (Å²) in [6.07, 6.45) is 7.23. The van der Waals surface area contributed by atoms with Crippen molar-refractivity contribution >= 4 is 11.3 Å². The van der Waals surface area contributed by atoms with E-state index in [1.54, 1.807) is 4.68 Å². The minimum absolute atomic E-state index is 0.0934. The number of aromatic nitrogens is 3. The number of thiophene rings is 1. The van der Waals surface area contributed by atoms with Crippen molar-refractivity contribution < 1.29 is 5.11 Å². The molecule has 6 heteroatoms. The van der Waals surface area contributed by atoms with Gasteiger partial charge in [0.15, 0.2) is 0 Å². The van der Waals surface area contributed by atoms with Crippen molar-refractivity contribution in [2.45, 2.75) is 44.8 Å². The third kappa shape index (κ3) is 3.70. The lowest BCUT2D eigenvalue weighted by atomic mass is 9.96. The van der Waals surface area contributed by atoms with Crippen molar-refractivity contribution in [1.82, 2.24) is 20.3 Å². The average Bonchev–Trinajstić information content (AvgIpc) is 3.22. The zero-order chi connectivity index (χ0) is 14.5. The van der Waals surface area contributed by atoms with E-state index in [0.717, 1.165) is 18.2 Å². The Balaban J connectivity index is 1.63. The maximum Gasteiger partial charge on any atom is 0.0965 e. The van der Waals surface area contributed by atoms with Crippen LogP contribution < -0.4 is 5.32 Å². The van der Waals surface area contributed by atoms with Crippen molar-refractivity contribution in [3.05, 3.63) is 34.3 Å². The van der Waals surface area contributed by atoms with Gasteiger partial charge < -0.3 is 10.4 Å². The first-order valence-corrected chi connectivity index (χ1v) is 8.51. The summed E-state index contributed by atoms with van der Waals surface area (Å²) in [5.74, 6) is 0.733. The highest BCUT2D eigenvalue weighted by Gasteiger charge is 2.26. The number of nitrogens with one attached hydrogen (secondary N) is 1. The highest BCUT2D eigenvalue weighted by Crippen LogP contribution is 2.37. The second-order valence-electron chi connectivity index (χ2n) is 5.62. The second kappa shape index (κ2) is 7.15. The van der Waals surface area contributed by atoms with E-state index in [1.807, 2.05) is 17.5 Å². The summed E-state index contributed by atoms with van der Waals surface area (Å²) < 4.78 is 1.69. The van der Waals surface area contributed by atoms with Gasteiger partial charge >= 0.3 is 0 Å². The van der Waals surface area contributed by atoms with Crippen LogP contribution in [0.5, 0.6) is 0 Å². The van der Waals surface area contributed by atoms with Gasteiger partial charge in [-0.25, -0.2) is 4.68 Å². The van der Waals surface area contributed by atoms with E-state index in [2.05, 4.69) is 33.1 Å². The Morgan fingerprint density at radius 2 is 2.29 bits per heavy atom. The van der Waals surface area contributed by atoms with Gasteiger partial charge in [-0.05, 0) is 30.2 Å². The summed E-state index contributed by atoms with van der Waals surface area (Å²) in [4.78, 5) is 1.42. The summed E-state index contributed by atoms with van der Waals surface area (Å²) in [7, 11) is 0. The monoisotopic (exact) mass is 306 g/mol. The van der Waals surface area contributed by atoms with Crippen molar-refractivity contribution in [2.75, 3.05) is 6.61 Å². The second-order valence-corrected chi connectivity index (χ2v) is 6.59. The molecule has 21 heavy (non-hydrogen) atoms. The van der Waals surface area contributed by atoms with E-state index in [9.17, 15) is 0 Å². The molecule has 2 heterocycles. The van der Waals surface area contributed by atoms with Gasteiger partial charge in [-0.2, -0.15) is 0 Å². The lowest BCUT2D eigenvalue weighted by Gasteiger charge is -2.23. The Morgan fingerprint density at radius 1 is 1.43 bits per heavy atom. The fourth-order valence-corrected chi connectivity index (χ4v) is 4.00. The van der Waals surface area contributed by atoms with Crippen LogP contribution in [-0.4, -0.2) is 26.7 Å². The third-order valence-electron chi connectivity index (χ3n) is 4.14. The molecule has 0 saturated heterocycles. The van der Waals surface area contributed by atoms with E-state index in [4.69, 9.17) is 5.11 Å². The van der Waals surface area contributed by atoms with Crippen molar-refractivity contribution in [3.8, 4) is 0 Å². The van der Waals surface area contributed by atoms with Crippen molar-refractivity contribution in [1.29, 1.82) is 0 Å². The van der Waals surface area contributed by atoms with Crippen LogP contribution in [0.2, 0.25) is 0 Å². The normalized spacial score (nSPS) is 17.4. The summed E-state index contributed by atoms with van der Waals surface area (Å²) in [6, 6.07) is 4.78. The molecule has 1 saturated carbocycles. The molecule has 5 nitrogen and oxygen atoms in total. The van der Waals surface area contributed by atoms with Gasteiger partial charge in [0, 0.05) is 23.7 Å². The van der Waals surface area contributed by atoms with Gasteiger partial charge in [-0.1, -0.05) is 24.1 Å². The number of aliphatic hydroxyl groups is 1. The smallest absolute Gasteiger partial charge is 0.0965 e. The molecular weight excluding hydrogens is 284 g/mol. The molecule has 2 aromatic heterocycles. The zero-order valence-corrected chi connectivity index (χ0v) is 12.9. The summed E-state index contributed by atoms with van der Waals surface area (Å²) in [5, 5.41) is 22.9. The molecule has 0 amide bonds. The van der Waals surface area contributed by atoms with E-state index in [0.29, 0.717) is 12.6 Å². The van der Waals surface area contributed by atoms with Crippen LogP contribution >= 0.6 is 11.3 Å². The predicted octanol–water partition coefficient (Wildman–Crippen LogP) is 2.35. The highest BCUT2D eigenvalue weighted by molar-refractivity contribution is 7.10. The highest BCUT2D eigenvalue weighted by atomic mass is 32.1. The number of hydrogen-bond donors (Lipinski definition) is 2. The lowest BCUT2D eigenvalue weighted by Crippen LogP contribution is -2.26. The molecule has 0 bridgehead atoms. The van der Waals surface area contributed by atoms with Crippen LogP contribution in [0.25, 0.3) is 0 Å². The molecule has 1 aliphatic rings. The molecule has 1 unspecified atom stereocenters. The van der Waals surface area contributed by atoms with E-state index >= 15 is 0 Å². The molecule has 0 radical (unpaired) electrons. The molecule has 2 N–H and O–H groups in total. The standard InChI is InChI=1S/C15H22N4OS/c20-8-7-19-11-13(17-18-19)10-16-15(12-4-1-2-5-12)14-6-3-9-21-14/h3,6,9,11-12,15-16,20H,1-2,4-5,7-8,10H2. The molecule has 3 rings (SSSR count). The quantitative estimate of drug-likeness (QED) is 0.824. The lowest BCUT2D eigenvalue weighted by molar-refractivity contribution is 0.268. The summed E-state index contributed by atoms with van der Waals surface area (Å²) in [6.45, 7) is 1.32. The zero-order valence-electron chi connectivity index (χ0n) is 12.1. The molecule has 114 valence electrons. The fraction of sp³-hybridized carbons (Fsp3) is 0.600. The summed E-state index contributed by atoms with van der Waals surface area (Å²) in [5.41, 5.74) is 0.933. The first kappa shape index (κ1) is 14.7. The maximum absolute atomic E-state index is 8.91. The Morgan fingerprint density at radius 3 is 3.00 bits per heavy atom. The molecule has 2 aromatic rings. The van der Waals surface area contributed by atoms with Crippen LogP contribution in [-0.2, 0) is 13.1 Å². The first-order chi connectivity index (χ1) is 10.4. The minimum Gasteiger partial charge on any atom is -0.394 e. The van der Waals surface area contributed by atoms with E-state index in [-0.39, 0.29) is 6.61 Å². The van der Waals surface area contributed by atoms with Gasteiger partial charge in [0.1, 0.15) is 0 Å². The first-order valence-electron chi connectivity index (χ1n) is 7.63. The third-order valence-corrected chi connectivity index (χ3v) is 5.09. The molecule has 1 aliphatic carbocycles. The van der Waals surface area contributed by atoms with Gasteiger partial charge in [-0.3, -0.25) is 0 Å². The topological polar surface area (TPSA) is 63.0 Å². The number of nitrogens with zero attached hydrogens (tertiary/aromatic N) is 3. The molecule has 1 fully saturated rings. The number of hydrogen-bond acceptors (Lipinski definition) is 5. The SMILES string of the molecule is OCCn1cc(CNC(c2cccs2)C2CCCC2)nn1. The minimum atomic E-state index is 0.0934. The van der Waals surface area contributed by atoms with Gasteiger partial charge in [-0.15, -0.1) is 16.4 Å². The Labute approximate surface area is 129 Å². The largest absolute Gasteiger partial charge is 0.394 e. The van der Waals surface area contributed by atoms with Crippen LogP contribution in [0, 0.1) is 5.92 Å². The van der Waals surface area contributed by atoms with Crippen LogP contribution in [0.4, 0.5) is 0 Å². The van der Waals surface area contributed by atoms with Crippen molar-refractivity contribution in [2.24, 2.45) is 5.92 Å². The van der Waals surface area contributed by atoms with Gasteiger partial charge in [0.05, 0.1) is 18.8 Å². The number of rotatable bonds is 7. The molecular formula is C15H22N4OS. The fourth-order valence-electron chi connectivity index (χ4n) is 3.10. The van der Waals surface area contributed by atoms with Crippen molar-refractivity contribution in [3.63, 3.8) is 0 Å². The molecule has 0 aromatic carbocycles. The Bertz CT molecular complexity index is 534. The van der Waals surface area contributed by atoms with Crippen LogP contribution in [0.15, 0.2) is 23.7 Å². The Hall–Kier alpha value is -1.24. The summed E-state index contributed by atoms with van der Waals surface area (Å²) >= 11 is 1.83. The molecule has 1 atom stereocenters. The average molecular weight is 306 g/mol. The predicted molar refractivity (Wildman–Crippen MR) is 83.0 cm³/mol. The molecule has 0 spiro atoms.